The number of aliphatic hydroxyl groups excluding tert-OH is 1. The van der Waals surface area contributed by atoms with Gasteiger partial charge in [-0.2, -0.15) is 0 Å². The molecule has 28 valence electrons. The van der Waals surface area contributed by atoms with E-state index >= 15 is 0 Å². The summed E-state index contributed by atoms with van der Waals surface area (Å²) in [5, 5.41) is 8.34. The molecule has 1 heteroatoms. The summed E-state index contributed by atoms with van der Waals surface area (Å²) in [6.07, 6.45) is 0.690. The second kappa shape index (κ2) is 0.601. The van der Waals surface area contributed by atoms with Crippen molar-refractivity contribution in [1.82, 2.24) is 0 Å². The van der Waals surface area contributed by atoms with E-state index in [0.29, 0.717) is 0 Å². The molecule has 1 saturated carbocycles. The SMILES string of the molecule is C=C1C[C@H]1O. The van der Waals surface area contributed by atoms with Crippen LogP contribution in [-0.2, 0) is 0 Å². The molecule has 0 aromatic heterocycles. The van der Waals surface area contributed by atoms with Gasteiger partial charge in [0.05, 0.1) is 6.10 Å². The molecule has 0 radical (unpaired) electrons. The van der Waals surface area contributed by atoms with Crippen molar-refractivity contribution in [2.75, 3.05) is 0 Å². The second-order valence-electron chi connectivity index (χ2n) is 1.38. The Morgan fingerprint density at radius 1 is 2.00 bits per heavy atom. The maximum Gasteiger partial charge on any atom is 0.0786 e. The second-order valence-corrected chi connectivity index (χ2v) is 1.38. The van der Waals surface area contributed by atoms with Crippen LogP contribution in [0.3, 0.4) is 0 Å². The van der Waals surface area contributed by atoms with Gasteiger partial charge in [0.2, 0.25) is 0 Å². The van der Waals surface area contributed by atoms with Crippen LogP contribution >= 0.6 is 0 Å². The van der Waals surface area contributed by atoms with Crippen LogP contribution < -0.4 is 0 Å². The van der Waals surface area contributed by atoms with Gasteiger partial charge in [0.25, 0.3) is 0 Å². The van der Waals surface area contributed by atoms with Gasteiger partial charge in [-0.15, -0.1) is 0 Å². The largest absolute Gasteiger partial charge is 0.388 e. The molecule has 1 aliphatic carbocycles. The molecule has 1 atom stereocenters. The standard InChI is InChI=1S/C4H6O/c1-3-2-4(3)5/h4-5H,1-2H2/t4-/m1/s1. The van der Waals surface area contributed by atoms with Crippen LogP contribution in [0.15, 0.2) is 12.2 Å². The summed E-state index contributed by atoms with van der Waals surface area (Å²) < 4.78 is 0. The summed E-state index contributed by atoms with van der Waals surface area (Å²) in [4.78, 5) is 0. The Morgan fingerprint density at radius 3 is 2.20 bits per heavy atom. The Balaban J connectivity index is 2.47. The lowest BCUT2D eigenvalue weighted by molar-refractivity contribution is 0.291. The van der Waals surface area contributed by atoms with Crippen LogP contribution in [0.4, 0.5) is 0 Å². The molecular weight excluding hydrogens is 64.0 g/mol. The molecule has 1 nitrogen and oxygen atoms in total. The highest BCUT2D eigenvalue weighted by molar-refractivity contribution is 5.19. The molecule has 0 aliphatic heterocycles. The molecule has 0 heterocycles. The summed E-state index contributed by atoms with van der Waals surface area (Å²) in [6, 6.07) is 0. The quantitative estimate of drug-likeness (QED) is 0.406. The molecule has 1 rings (SSSR count). The van der Waals surface area contributed by atoms with Gasteiger partial charge in [0.15, 0.2) is 0 Å². The van der Waals surface area contributed by atoms with E-state index in [1.165, 1.54) is 0 Å². The molecule has 0 aromatic carbocycles. The molecule has 1 aliphatic rings. The first-order valence-corrected chi connectivity index (χ1v) is 1.66. The minimum Gasteiger partial charge on any atom is -0.388 e. The Morgan fingerprint density at radius 2 is 2.20 bits per heavy atom. The first-order chi connectivity index (χ1) is 2.30. The van der Waals surface area contributed by atoms with Gasteiger partial charge in [-0.3, -0.25) is 0 Å². The van der Waals surface area contributed by atoms with Gasteiger partial charge >= 0.3 is 0 Å². The van der Waals surface area contributed by atoms with Crippen molar-refractivity contribution in [2.45, 2.75) is 12.5 Å². The van der Waals surface area contributed by atoms with Gasteiger partial charge in [0, 0.05) is 6.42 Å². The fraction of sp³-hybridized carbons (Fsp3) is 0.500. The van der Waals surface area contributed by atoms with Crippen LogP contribution in [0.5, 0.6) is 0 Å². The monoisotopic (exact) mass is 70.0 g/mol. The number of aliphatic hydroxyl groups is 1. The lowest BCUT2D eigenvalue weighted by Gasteiger charge is -1.60. The summed E-state index contributed by atoms with van der Waals surface area (Å²) in [5.74, 6) is 0. The zero-order valence-corrected chi connectivity index (χ0v) is 2.94. The fourth-order valence-electron chi connectivity index (χ4n) is 0.189. The minimum atomic E-state index is -0.144. The van der Waals surface area contributed by atoms with E-state index in [-0.39, 0.29) is 6.10 Å². The van der Waals surface area contributed by atoms with E-state index in [1.54, 1.807) is 0 Å². The molecule has 0 spiro atoms. The van der Waals surface area contributed by atoms with Crippen molar-refractivity contribution in [3.8, 4) is 0 Å². The Bertz CT molecular complexity index is 66.0. The van der Waals surface area contributed by atoms with Crippen molar-refractivity contribution in [2.24, 2.45) is 0 Å². The van der Waals surface area contributed by atoms with E-state index in [0.717, 1.165) is 12.0 Å². The van der Waals surface area contributed by atoms with E-state index in [2.05, 4.69) is 6.58 Å². The average Bonchev–Trinajstić information content (AvgIpc) is 1.79. The maximum absolute atomic E-state index is 8.34. The third-order valence-electron chi connectivity index (χ3n) is 0.767. The van der Waals surface area contributed by atoms with Crippen molar-refractivity contribution < 1.29 is 5.11 Å². The van der Waals surface area contributed by atoms with Gasteiger partial charge in [0.1, 0.15) is 0 Å². The third-order valence-corrected chi connectivity index (χ3v) is 0.767. The Kier molecular flexibility index (Phi) is 0.350. The molecule has 0 amide bonds. The van der Waals surface area contributed by atoms with Crippen molar-refractivity contribution in [3.05, 3.63) is 12.2 Å². The number of hydrogen-bond donors (Lipinski definition) is 1. The molecule has 0 saturated heterocycles. The molecule has 0 bridgehead atoms. The zero-order chi connectivity index (χ0) is 3.86. The predicted molar refractivity (Wildman–Crippen MR) is 19.8 cm³/mol. The summed E-state index contributed by atoms with van der Waals surface area (Å²) in [5.41, 5.74) is 0.977. The topological polar surface area (TPSA) is 20.2 Å². The molecule has 5 heavy (non-hydrogen) atoms. The van der Waals surface area contributed by atoms with Gasteiger partial charge < -0.3 is 5.11 Å². The highest BCUT2D eigenvalue weighted by Gasteiger charge is 2.22. The van der Waals surface area contributed by atoms with Crippen molar-refractivity contribution in [3.63, 3.8) is 0 Å². The highest BCUT2D eigenvalue weighted by atomic mass is 16.3. The van der Waals surface area contributed by atoms with Gasteiger partial charge in [-0.1, -0.05) is 6.58 Å². The average molecular weight is 70.1 g/mol. The van der Waals surface area contributed by atoms with Crippen molar-refractivity contribution >= 4 is 0 Å². The molecule has 1 N–H and O–H groups in total. The molecule has 1 fully saturated rings. The zero-order valence-electron chi connectivity index (χ0n) is 2.94. The number of hydrogen-bond acceptors (Lipinski definition) is 1. The summed E-state index contributed by atoms with van der Waals surface area (Å²) in [6.45, 7) is 3.50. The van der Waals surface area contributed by atoms with Gasteiger partial charge in [-0.05, 0) is 5.57 Å². The minimum absolute atomic E-state index is 0.144. The Hall–Kier alpha value is -0.300. The van der Waals surface area contributed by atoms with E-state index < -0.39 is 0 Å². The molecule has 0 unspecified atom stereocenters. The normalized spacial score (nSPS) is 34.6. The Labute approximate surface area is 30.9 Å². The van der Waals surface area contributed by atoms with Crippen LogP contribution in [-0.4, -0.2) is 11.2 Å². The predicted octanol–water partition coefficient (Wildman–Crippen LogP) is 0.307. The highest BCUT2D eigenvalue weighted by Crippen LogP contribution is 2.25. The molecular formula is C4H6O. The van der Waals surface area contributed by atoms with Crippen LogP contribution in [0, 0.1) is 0 Å². The van der Waals surface area contributed by atoms with E-state index in [9.17, 15) is 0 Å². The molecule has 0 aromatic rings. The lowest BCUT2D eigenvalue weighted by Crippen LogP contribution is -1.68. The van der Waals surface area contributed by atoms with Crippen LogP contribution in [0.2, 0.25) is 0 Å². The summed E-state index contributed by atoms with van der Waals surface area (Å²) in [7, 11) is 0. The van der Waals surface area contributed by atoms with Crippen LogP contribution in [0.25, 0.3) is 0 Å². The lowest BCUT2D eigenvalue weighted by atomic mass is 10.7. The van der Waals surface area contributed by atoms with E-state index in [4.69, 9.17) is 5.11 Å². The first-order valence-electron chi connectivity index (χ1n) is 1.66. The van der Waals surface area contributed by atoms with Crippen molar-refractivity contribution in [1.29, 1.82) is 0 Å². The maximum atomic E-state index is 8.34. The number of rotatable bonds is 0. The fourth-order valence-corrected chi connectivity index (χ4v) is 0.189. The summed E-state index contributed by atoms with van der Waals surface area (Å²) >= 11 is 0. The third kappa shape index (κ3) is 0.329. The first kappa shape index (κ1) is 2.91. The van der Waals surface area contributed by atoms with E-state index in [1.807, 2.05) is 0 Å². The smallest absolute Gasteiger partial charge is 0.0786 e. The van der Waals surface area contributed by atoms with Gasteiger partial charge in [-0.25, -0.2) is 0 Å². The van der Waals surface area contributed by atoms with Crippen LogP contribution in [0.1, 0.15) is 6.42 Å².